The standard InChI is InChI=1S/C75H132O6/c1-4-7-10-13-16-19-21-23-25-27-29-30-31-32-33-34-35-36-37-38-39-40-41-42-43-44-46-47-49-51-53-56-59-62-65-68-74(77)80-71-72(70-79-73(76)67-64-61-58-55-18-15-12-9-6-3)81-75(78)69-66-63-60-57-54-52-50-48-45-28-26-24-22-20-17-14-11-8-5-2/h7,10,16,19,23,25,29-30,32-33,35-36,38-39,72H,4-6,8-9,11-15,17-18,20-22,24,26-28,31,34,37,40-71H2,1-3H3/b10-7-,19-16-,25-23-,30-29-,33-32-,36-35-,39-38-. The maximum absolute atomic E-state index is 12.9. The first-order valence-electron chi connectivity index (χ1n) is 35.1. The number of hydrogen-bond donors (Lipinski definition) is 0. The molecule has 6 nitrogen and oxygen atoms in total. The van der Waals surface area contributed by atoms with Gasteiger partial charge in [-0.3, -0.25) is 14.4 Å². The summed E-state index contributed by atoms with van der Waals surface area (Å²) in [5.74, 6) is -0.854. The molecule has 0 fully saturated rings. The molecule has 0 aliphatic carbocycles. The van der Waals surface area contributed by atoms with Crippen LogP contribution in [0.2, 0.25) is 0 Å². The van der Waals surface area contributed by atoms with Crippen molar-refractivity contribution < 1.29 is 28.6 Å². The molecule has 0 aromatic rings. The highest BCUT2D eigenvalue weighted by molar-refractivity contribution is 5.71. The van der Waals surface area contributed by atoms with Crippen LogP contribution in [-0.2, 0) is 28.6 Å². The van der Waals surface area contributed by atoms with E-state index in [9.17, 15) is 14.4 Å². The molecule has 468 valence electrons. The van der Waals surface area contributed by atoms with Crippen LogP contribution < -0.4 is 0 Å². The van der Waals surface area contributed by atoms with Gasteiger partial charge < -0.3 is 14.2 Å². The Kier molecular flexibility index (Phi) is 66.2. The van der Waals surface area contributed by atoms with Crippen LogP contribution in [0.15, 0.2) is 85.1 Å². The van der Waals surface area contributed by atoms with Crippen molar-refractivity contribution in [1.29, 1.82) is 0 Å². The second-order valence-corrected chi connectivity index (χ2v) is 23.4. The third-order valence-electron chi connectivity index (χ3n) is 15.4. The summed E-state index contributed by atoms with van der Waals surface area (Å²) >= 11 is 0. The van der Waals surface area contributed by atoms with Crippen molar-refractivity contribution in [3.63, 3.8) is 0 Å². The molecular formula is C75H132O6. The van der Waals surface area contributed by atoms with Gasteiger partial charge in [0.1, 0.15) is 13.2 Å². The van der Waals surface area contributed by atoms with Crippen LogP contribution in [0.5, 0.6) is 0 Å². The van der Waals surface area contributed by atoms with E-state index < -0.39 is 6.10 Å². The second-order valence-electron chi connectivity index (χ2n) is 23.4. The molecule has 0 aromatic carbocycles. The molecular weight excluding hydrogens is 997 g/mol. The lowest BCUT2D eigenvalue weighted by Crippen LogP contribution is -2.30. The zero-order chi connectivity index (χ0) is 58.5. The number of esters is 3. The van der Waals surface area contributed by atoms with E-state index >= 15 is 0 Å². The average Bonchev–Trinajstić information content (AvgIpc) is 3.47. The highest BCUT2D eigenvalue weighted by Crippen LogP contribution is 2.18. The molecule has 0 heterocycles. The number of carbonyl (C=O) groups is 3. The first-order valence-corrected chi connectivity index (χ1v) is 35.1. The van der Waals surface area contributed by atoms with E-state index in [1.54, 1.807) is 0 Å². The van der Waals surface area contributed by atoms with Gasteiger partial charge in [-0.25, -0.2) is 0 Å². The van der Waals surface area contributed by atoms with Gasteiger partial charge in [0.05, 0.1) is 0 Å². The van der Waals surface area contributed by atoms with Crippen LogP contribution in [0.1, 0.15) is 355 Å². The first-order chi connectivity index (χ1) is 40.0. The Morgan fingerprint density at radius 3 is 0.753 bits per heavy atom. The van der Waals surface area contributed by atoms with Crippen LogP contribution in [0, 0.1) is 0 Å². The first kappa shape index (κ1) is 77.6. The molecule has 0 radical (unpaired) electrons. The topological polar surface area (TPSA) is 78.9 Å². The smallest absolute Gasteiger partial charge is 0.306 e. The number of unbranched alkanes of at least 4 members (excludes halogenated alkanes) is 39. The van der Waals surface area contributed by atoms with Crippen molar-refractivity contribution in [2.24, 2.45) is 0 Å². The van der Waals surface area contributed by atoms with Crippen LogP contribution >= 0.6 is 0 Å². The van der Waals surface area contributed by atoms with Crippen LogP contribution in [0.25, 0.3) is 0 Å². The van der Waals surface area contributed by atoms with E-state index in [4.69, 9.17) is 14.2 Å². The minimum Gasteiger partial charge on any atom is -0.462 e. The van der Waals surface area contributed by atoms with Gasteiger partial charge in [-0.1, -0.05) is 343 Å². The van der Waals surface area contributed by atoms with Gasteiger partial charge in [-0.15, -0.1) is 0 Å². The highest BCUT2D eigenvalue weighted by Gasteiger charge is 2.19. The fraction of sp³-hybridized carbons (Fsp3) is 0.773. The predicted octanol–water partition coefficient (Wildman–Crippen LogP) is 24.2. The predicted molar refractivity (Wildman–Crippen MR) is 353 cm³/mol. The summed E-state index contributed by atoms with van der Waals surface area (Å²) in [5.41, 5.74) is 0. The largest absolute Gasteiger partial charge is 0.462 e. The van der Waals surface area contributed by atoms with Crippen LogP contribution in [0.4, 0.5) is 0 Å². The molecule has 0 aliphatic heterocycles. The van der Waals surface area contributed by atoms with E-state index in [-0.39, 0.29) is 31.1 Å². The van der Waals surface area contributed by atoms with Gasteiger partial charge in [0, 0.05) is 19.3 Å². The molecule has 0 spiro atoms. The van der Waals surface area contributed by atoms with Crippen molar-refractivity contribution in [2.45, 2.75) is 361 Å². The van der Waals surface area contributed by atoms with E-state index in [0.29, 0.717) is 19.3 Å². The molecule has 0 bridgehead atoms. The summed E-state index contributed by atoms with van der Waals surface area (Å²) in [5, 5.41) is 0. The van der Waals surface area contributed by atoms with Crippen molar-refractivity contribution >= 4 is 17.9 Å². The Morgan fingerprint density at radius 1 is 0.259 bits per heavy atom. The highest BCUT2D eigenvalue weighted by atomic mass is 16.6. The van der Waals surface area contributed by atoms with E-state index in [2.05, 4.69) is 106 Å². The van der Waals surface area contributed by atoms with Gasteiger partial charge in [0.25, 0.3) is 0 Å². The zero-order valence-electron chi connectivity index (χ0n) is 53.8. The van der Waals surface area contributed by atoms with Crippen molar-refractivity contribution in [3.05, 3.63) is 85.1 Å². The lowest BCUT2D eigenvalue weighted by atomic mass is 10.0. The number of hydrogen-bond acceptors (Lipinski definition) is 6. The Labute approximate surface area is 503 Å². The number of ether oxygens (including phenoxy) is 3. The molecule has 6 heteroatoms. The van der Waals surface area contributed by atoms with Gasteiger partial charge in [-0.2, -0.15) is 0 Å². The SMILES string of the molecule is CC/C=C\C/C=C\C/C=C\C/C=C\C/C=C\C/C=C\C/C=C\CCCCCCCCCCCCCCCC(=O)OCC(COC(=O)CCCCCCCCCCC)OC(=O)CCCCCCCCCCCCCCCCCCCCC. The molecule has 81 heavy (non-hydrogen) atoms. The summed E-state index contributed by atoms with van der Waals surface area (Å²) < 4.78 is 16.9. The summed E-state index contributed by atoms with van der Waals surface area (Å²) in [6.07, 6.45) is 92.0. The second kappa shape index (κ2) is 69.1. The molecule has 0 amide bonds. The van der Waals surface area contributed by atoms with Gasteiger partial charge in [-0.05, 0) is 77.0 Å². The molecule has 0 saturated carbocycles. The molecule has 0 aliphatic rings. The number of rotatable bonds is 64. The molecule has 0 saturated heterocycles. The Balaban J connectivity index is 4.09. The van der Waals surface area contributed by atoms with Crippen LogP contribution in [-0.4, -0.2) is 37.2 Å². The van der Waals surface area contributed by atoms with Gasteiger partial charge >= 0.3 is 17.9 Å². The fourth-order valence-corrected chi connectivity index (χ4v) is 10.2. The molecule has 0 rings (SSSR count). The minimum absolute atomic E-state index is 0.0698. The summed E-state index contributed by atoms with van der Waals surface area (Å²) in [4.78, 5) is 38.3. The lowest BCUT2D eigenvalue weighted by Gasteiger charge is -2.18. The van der Waals surface area contributed by atoms with E-state index in [1.165, 1.54) is 212 Å². The third-order valence-corrected chi connectivity index (χ3v) is 15.4. The van der Waals surface area contributed by atoms with Crippen LogP contribution in [0.3, 0.4) is 0 Å². The maximum Gasteiger partial charge on any atom is 0.306 e. The summed E-state index contributed by atoms with van der Waals surface area (Å²) in [6, 6.07) is 0. The Bertz CT molecular complexity index is 1530. The van der Waals surface area contributed by atoms with Gasteiger partial charge in [0.2, 0.25) is 0 Å². The Hall–Kier alpha value is -3.41. The maximum atomic E-state index is 12.9. The molecule has 0 N–H and O–H groups in total. The fourth-order valence-electron chi connectivity index (χ4n) is 10.2. The van der Waals surface area contributed by atoms with E-state index in [0.717, 1.165) is 103 Å². The van der Waals surface area contributed by atoms with E-state index in [1.807, 2.05) is 0 Å². The molecule has 0 aromatic heterocycles. The summed E-state index contributed by atoms with van der Waals surface area (Å²) in [6.45, 7) is 6.56. The minimum atomic E-state index is -0.771. The zero-order valence-corrected chi connectivity index (χ0v) is 53.8. The quantitative estimate of drug-likeness (QED) is 0.0261. The van der Waals surface area contributed by atoms with Crippen molar-refractivity contribution in [2.75, 3.05) is 13.2 Å². The molecule has 1 unspecified atom stereocenters. The average molecular weight is 1130 g/mol. The van der Waals surface area contributed by atoms with Crippen molar-refractivity contribution in [1.82, 2.24) is 0 Å². The van der Waals surface area contributed by atoms with Gasteiger partial charge in [0.15, 0.2) is 6.10 Å². The number of carbonyl (C=O) groups excluding carboxylic acids is 3. The molecule has 1 atom stereocenters. The number of allylic oxidation sites excluding steroid dienone is 14. The third kappa shape index (κ3) is 67.3. The Morgan fingerprint density at radius 2 is 0.481 bits per heavy atom. The monoisotopic (exact) mass is 1130 g/mol. The lowest BCUT2D eigenvalue weighted by molar-refractivity contribution is -0.167. The normalized spacial score (nSPS) is 12.6. The van der Waals surface area contributed by atoms with Crippen molar-refractivity contribution in [3.8, 4) is 0 Å². The summed E-state index contributed by atoms with van der Waals surface area (Å²) in [7, 11) is 0.